The number of aryl methyl sites for hydroxylation is 1. The standard InChI is InChI=1S/C13H15N3O2/c1-2-8-16-13(12(9-17)14-15-16)10-18-11-6-4-3-5-7-11/h3-7,9H,2,8,10H2,1H3. The molecule has 0 saturated heterocycles. The zero-order valence-corrected chi connectivity index (χ0v) is 10.2. The largest absolute Gasteiger partial charge is 0.487 e. The van der Waals surface area contributed by atoms with Gasteiger partial charge in [0.15, 0.2) is 12.0 Å². The molecule has 0 aliphatic rings. The zero-order chi connectivity index (χ0) is 12.8. The molecule has 0 saturated carbocycles. The minimum atomic E-state index is 0.297. The lowest BCUT2D eigenvalue weighted by molar-refractivity contribution is 0.111. The molecule has 1 aromatic carbocycles. The number of para-hydroxylation sites is 1. The first-order valence-corrected chi connectivity index (χ1v) is 5.90. The van der Waals surface area contributed by atoms with Crippen molar-refractivity contribution in [2.45, 2.75) is 26.5 Å². The average Bonchev–Trinajstić information content (AvgIpc) is 2.80. The molecule has 1 aromatic heterocycles. The van der Waals surface area contributed by atoms with E-state index in [4.69, 9.17) is 4.74 Å². The predicted octanol–water partition coefficient (Wildman–Crippen LogP) is 2.08. The van der Waals surface area contributed by atoms with Gasteiger partial charge >= 0.3 is 0 Å². The van der Waals surface area contributed by atoms with Crippen molar-refractivity contribution >= 4 is 6.29 Å². The molecule has 2 rings (SSSR count). The molecule has 5 heteroatoms. The Morgan fingerprint density at radius 1 is 1.33 bits per heavy atom. The Kier molecular flexibility index (Phi) is 4.06. The Morgan fingerprint density at radius 3 is 2.78 bits per heavy atom. The minimum Gasteiger partial charge on any atom is -0.487 e. The lowest BCUT2D eigenvalue weighted by Gasteiger charge is -2.07. The number of benzene rings is 1. The van der Waals surface area contributed by atoms with Crippen LogP contribution in [0.1, 0.15) is 29.5 Å². The number of aromatic nitrogens is 3. The highest BCUT2D eigenvalue weighted by Crippen LogP contribution is 2.12. The molecule has 0 N–H and O–H groups in total. The van der Waals surface area contributed by atoms with E-state index < -0.39 is 0 Å². The highest BCUT2D eigenvalue weighted by molar-refractivity contribution is 5.73. The third kappa shape index (κ3) is 2.74. The van der Waals surface area contributed by atoms with Crippen LogP contribution in [0.3, 0.4) is 0 Å². The van der Waals surface area contributed by atoms with E-state index in [9.17, 15) is 4.79 Å². The molecule has 0 aliphatic carbocycles. The van der Waals surface area contributed by atoms with Gasteiger partial charge in [-0.1, -0.05) is 30.3 Å². The molecule has 0 fully saturated rings. The third-order valence-electron chi connectivity index (χ3n) is 2.53. The summed E-state index contributed by atoms with van der Waals surface area (Å²) in [4.78, 5) is 10.9. The molecule has 0 amide bonds. The van der Waals surface area contributed by atoms with Crippen LogP contribution in [0.5, 0.6) is 5.75 Å². The summed E-state index contributed by atoms with van der Waals surface area (Å²) in [5.74, 6) is 0.763. The van der Waals surface area contributed by atoms with Crippen molar-refractivity contribution in [1.29, 1.82) is 0 Å². The number of ether oxygens (including phenoxy) is 1. The van der Waals surface area contributed by atoms with Crippen molar-refractivity contribution in [3.05, 3.63) is 41.7 Å². The number of nitrogens with zero attached hydrogens (tertiary/aromatic N) is 3. The maximum Gasteiger partial charge on any atom is 0.172 e. The molecule has 94 valence electrons. The summed E-state index contributed by atoms with van der Waals surface area (Å²) in [5, 5.41) is 7.77. The van der Waals surface area contributed by atoms with Crippen LogP contribution >= 0.6 is 0 Å². The van der Waals surface area contributed by atoms with E-state index in [0.29, 0.717) is 18.6 Å². The molecule has 0 bridgehead atoms. The van der Waals surface area contributed by atoms with E-state index in [1.54, 1.807) is 4.68 Å². The number of hydrogen-bond donors (Lipinski definition) is 0. The summed E-state index contributed by atoms with van der Waals surface area (Å²) in [6.07, 6.45) is 1.64. The minimum absolute atomic E-state index is 0.297. The van der Waals surface area contributed by atoms with E-state index >= 15 is 0 Å². The molecule has 0 aliphatic heterocycles. The van der Waals surface area contributed by atoms with Gasteiger partial charge in [-0.15, -0.1) is 5.10 Å². The van der Waals surface area contributed by atoms with Crippen LogP contribution in [0.2, 0.25) is 0 Å². The molecule has 2 aromatic rings. The van der Waals surface area contributed by atoms with Crippen molar-refractivity contribution in [3.8, 4) is 5.75 Å². The van der Waals surface area contributed by atoms with E-state index in [-0.39, 0.29) is 0 Å². The lowest BCUT2D eigenvalue weighted by atomic mass is 10.3. The first-order chi connectivity index (χ1) is 8.85. The lowest BCUT2D eigenvalue weighted by Crippen LogP contribution is -2.09. The number of aldehydes is 1. The number of carbonyl (C=O) groups excluding carboxylic acids is 1. The highest BCUT2D eigenvalue weighted by Gasteiger charge is 2.12. The van der Waals surface area contributed by atoms with Crippen molar-refractivity contribution in [3.63, 3.8) is 0 Å². The van der Waals surface area contributed by atoms with E-state index in [2.05, 4.69) is 10.3 Å². The van der Waals surface area contributed by atoms with Crippen molar-refractivity contribution in [2.75, 3.05) is 0 Å². The normalized spacial score (nSPS) is 10.3. The fourth-order valence-electron chi connectivity index (χ4n) is 1.65. The van der Waals surface area contributed by atoms with Gasteiger partial charge in [0.1, 0.15) is 18.1 Å². The second-order valence-electron chi connectivity index (χ2n) is 3.86. The molecule has 0 unspecified atom stereocenters. The fraction of sp³-hybridized carbons (Fsp3) is 0.308. The maximum absolute atomic E-state index is 10.9. The van der Waals surface area contributed by atoms with Gasteiger partial charge in [-0.05, 0) is 18.6 Å². The smallest absolute Gasteiger partial charge is 0.172 e. The Labute approximate surface area is 105 Å². The fourth-order valence-corrected chi connectivity index (χ4v) is 1.65. The van der Waals surface area contributed by atoms with Gasteiger partial charge in [-0.3, -0.25) is 4.79 Å². The molecule has 0 radical (unpaired) electrons. The van der Waals surface area contributed by atoms with Gasteiger partial charge in [0.25, 0.3) is 0 Å². The van der Waals surface area contributed by atoms with Crippen LogP contribution in [0.25, 0.3) is 0 Å². The van der Waals surface area contributed by atoms with Crippen LogP contribution in [-0.2, 0) is 13.2 Å². The number of rotatable bonds is 6. The Morgan fingerprint density at radius 2 is 2.11 bits per heavy atom. The molecule has 0 atom stereocenters. The monoisotopic (exact) mass is 245 g/mol. The van der Waals surface area contributed by atoms with Gasteiger partial charge in [-0.25, -0.2) is 4.68 Å². The number of hydrogen-bond acceptors (Lipinski definition) is 4. The first kappa shape index (κ1) is 12.3. The summed E-state index contributed by atoms with van der Waals surface area (Å²) in [5.41, 5.74) is 1.06. The SMILES string of the molecule is CCCn1nnc(C=O)c1COc1ccccc1. The summed E-state index contributed by atoms with van der Waals surface area (Å²) in [6.45, 7) is 3.07. The van der Waals surface area contributed by atoms with Gasteiger partial charge < -0.3 is 4.74 Å². The van der Waals surface area contributed by atoms with Crippen LogP contribution in [0.4, 0.5) is 0 Å². The summed E-state index contributed by atoms with van der Waals surface area (Å²) < 4.78 is 7.34. The molecule has 1 heterocycles. The average molecular weight is 245 g/mol. The van der Waals surface area contributed by atoms with E-state index in [0.717, 1.165) is 24.4 Å². The Balaban J connectivity index is 2.12. The predicted molar refractivity (Wildman–Crippen MR) is 66.5 cm³/mol. The van der Waals surface area contributed by atoms with Crippen LogP contribution in [0, 0.1) is 0 Å². The van der Waals surface area contributed by atoms with E-state index in [1.165, 1.54) is 0 Å². The molecular formula is C13H15N3O2. The van der Waals surface area contributed by atoms with E-state index in [1.807, 2.05) is 37.3 Å². The van der Waals surface area contributed by atoms with Gasteiger partial charge in [-0.2, -0.15) is 0 Å². The van der Waals surface area contributed by atoms with Gasteiger partial charge in [0.2, 0.25) is 0 Å². The third-order valence-corrected chi connectivity index (χ3v) is 2.53. The van der Waals surface area contributed by atoms with Crippen LogP contribution < -0.4 is 4.74 Å². The molecule has 0 spiro atoms. The summed E-state index contributed by atoms with van der Waals surface area (Å²) >= 11 is 0. The van der Waals surface area contributed by atoms with Gasteiger partial charge in [0.05, 0.1) is 0 Å². The van der Waals surface area contributed by atoms with Crippen molar-refractivity contribution in [1.82, 2.24) is 15.0 Å². The maximum atomic E-state index is 10.9. The summed E-state index contributed by atoms with van der Waals surface area (Å²) in [7, 11) is 0. The molecular weight excluding hydrogens is 230 g/mol. The Hall–Kier alpha value is -2.17. The first-order valence-electron chi connectivity index (χ1n) is 5.90. The molecule has 5 nitrogen and oxygen atoms in total. The van der Waals surface area contributed by atoms with Crippen molar-refractivity contribution < 1.29 is 9.53 Å². The molecule has 18 heavy (non-hydrogen) atoms. The van der Waals surface area contributed by atoms with Gasteiger partial charge in [0, 0.05) is 6.54 Å². The highest BCUT2D eigenvalue weighted by atomic mass is 16.5. The number of carbonyl (C=O) groups is 1. The van der Waals surface area contributed by atoms with Crippen molar-refractivity contribution in [2.24, 2.45) is 0 Å². The zero-order valence-electron chi connectivity index (χ0n) is 10.2. The Bertz CT molecular complexity index is 508. The quantitative estimate of drug-likeness (QED) is 0.731. The second-order valence-corrected chi connectivity index (χ2v) is 3.86. The van der Waals surface area contributed by atoms with Crippen LogP contribution in [0.15, 0.2) is 30.3 Å². The summed E-state index contributed by atoms with van der Waals surface area (Å²) in [6, 6.07) is 9.46. The second kappa shape index (κ2) is 5.95. The van der Waals surface area contributed by atoms with Crippen LogP contribution in [-0.4, -0.2) is 21.3 Å². The topological polar surface area (TPSA) is 57.0 Å².